The number of phenols is 1. The van der Waals surface area contributed by atoms with Crippen molar-refractivity contribution >= 4 is 120 Å². The molecule has 0 aliphatic rings. The van der Waals surface area contributed by atoms with Gasteiger partial charge in [-0.15, -0.1) is 21.1 Å². The van der Waals surface area contributed by atoms with Crippen LogP contribution in [0.4, 0.5) is 50.9 Å². The number of amidine groups is 1. The summed E-state index contributed by atoms with van der Waals surface area (Å²) in [6.07, 6.45) is 0.312. The van der Waals surface area contributed by atoms with Crippen molar-refractivity contribution < 1.29 is 84.5 Å². The van der Waals surface area contributed by atoms with Crippen LogP contribution in [0.15, 0.2) is 115 Å². The molecule has 0 saturated heterocycles. The van der Waals surface area contributed by atoms with Crippen LogP contribution in [0, 0.1) is 6.08 Å². The number of aromatic hydroxyl groups is 1. The smallest absolute Gasteiger partial charge is 0.571 e. The third kappa shape index (κ3) is 16.0. The first-order valence-electron chi connectivity index (χ1n) is 18.2. The van der Waals surface area contributed by atoms with E-state index in [0.717, 1.165) is 19.7 Å². The van der Waals surface area contributed by atoms with Gasteiger partial charge in [-0.3, -0.25) is 9.11 Å². The maximum absolute atomic E-state index is 14.7. The molecule has 2 radical (unpaired) electrons. The minimum absolute atomic E-state index is 0. The van der Waals surface area contributed by atoms with Crippen molar-refractivity contribution in [3.63, 3.8) is 0 Å². The molecule has 368 valence electrons. The molecule has 70 heavy (non-hydrogen) atoms. The number of phenolic OH excluding ortho intramolecular Hbond substituents is 1. The summed E-state index contributed by atoms with van der Waals surface area (Å²) >= 11 is 6.62. The molecule has 28 nitrogen and oxygen atoms in total. The maximum Gasteiger partial charge on any atom is 2.00 e. The molecule has 0 aliphatic carbocycles. The topological polar surface area (TPSA) is 405 Å². The fourth-order valence-corrected chi connectivity index (χ4v) is 7.66. The van der Waals surface area contributed by atoms with E-state index in [-0.39, 0.29) is 61.9 Å². The molecule has 0 atom stereocenters. The molecule has 36 heteroatoms. The minimum atomic E-state index is -5.01. The van der Waals surface area contributed by atoms with Crippen molar-refractivity contribution in [2.24, 2.45) is 15.3 Å². The molecule has 6 aromatic rings. The van der Waals surface area contributed by atoms with Crippen LogP contribution in [0.2, 0.25) is 5.28 Å². The fourth-order valence-electron chi connectivity index (χ4n) is 5.09. The van der Waals surface area contributed by atoms with E-state index in [4.69, 9.17) is 21.4 Å². The number of azo groups is 1. The predicted octanol–water partition coefficient (Wildman–Crippen LogP) is 4.97. The number of carbonyl (C=O) groups excluding carboxylic acids is 1. The molecule has 2 heterocycles. The number of hydrogen-bond acceptors (Lipinski definition) is 25. The summed E-state index contributed by atoms with van der Waals surface area (Å²) in [7, 11) is -12.8. The quantitative estimate of drug-likeness (QED) is 0.00425. The SMILES string of the molecule is O=[C-]c1ccc(SOOO)cc1N=N/C(=N\[N-]c1cc(S(=O)(=O)O)cc(Nc2nc(F)nc(N[B]Nc3nc(Cl)nc(Nc4ccc(S(=O)(=O)CCOS(=O)(=O)O)cc4)n3)n2)c1O)c1ccccc1.[Cu+2]. The Morgan fingerprint density at radius 1 is 0.843 bits per heavy atom. The van der Waals surface area contributed by atoms with E-state index in [1.54, 1.807) is 36.6 Å². The van der Waals surface area contributed by atoms with Gasteiger partial charge in [0.25, 0.3) is 10.1 Å². The van der Waals surface area contributed by atoms with Crippen LogP contribution in [0.25, 0.3) is 5.43 Å². The Kier molecular flexibility index (Phi) is 18.9. The van der Waals surface area contributed by atoms with Gasteiger partial charge >= 0.3 is 41.1 Å². The number of nitrogens with one attached hydrogen (secondary N) is 4. The molecule has 6 rings (SSSR count). The average Bonchev–Trinajstić information content (AvgIpc) is 3.28. The summed E-state index contributed by atoms with van der Waals surface area (Å²) in [5.74, 6) is -3.24. The van der Waals surface area contributed by atoms with Crippen molar-refractivity contribution in [1.29, 1.82) is 0 Å². The van der Waals surface area contributed by atoms with Gasteiger partial charge in [0.05, 0.1) is 46.2 Å². The second kappa shape index (κ2) is 24.3. The van der Waals surface area contributed by atoms with Crippen molar-refractivity contribution in [2.45, 2.75) is 14.7 Å². The molecule has 0 saturated carbocycles. The van der Waals surface area contributed by atoms with Gasteiger partial charge in [0.2, 0.25) is 29.1 Å². The van der Waals surface area contributed by atoms with Crippen LogP contribution in [0.3, 0.4) is 0 Å². The summed E-state index contributed by atoms with van der Waals surface area (Å²) in [5, 5.41) is 45.4. The first-order valence-corrected chi connectivity index (χ1v) is 23.8. The summed E-state index contributed by atoms with van der Waals surface area (Å²) in [6.45, 7) is -0.819. The molecule has 2 aromatic heterocycles. The number of aromatic nitrogens is 6. The van der Waals surface area contributed by atoms with Gasteiger partial charge in [-0.05, 0) is 47.6 Å². The Bertz CT molecular complexity index is 3260. The summed E-state index contributed by atoms with van der Waals surface area (Å²) < 4.78 is 113. The normalized spacial score (nSPS) is 11.9. The van der Waals surface area contributed by atoms with Gasteiger partial charge in [0.1, 0.15) is 5.75 Å². The summed E-state index contributed by atoms with van der Waals surface area (Å²) in [5.41, 5.74) is 3.30. The van der Waals surface area contributed by atoms with E-state index in [1.807, 2.05) is 0 Å². The average molecular weight is 1110 g/mol. The molecule has 0 aliphatic heterocycles. The van der Waals surface area contributed by atoms with Crippen LogP contribution < -0.4 is 21.1 Å². The standard InChI is InChI=1S/C34H26BClFN14O14S4.Cu/c36-29-40-31(38-20-7-10-22(11-8-20)67(55,56)13-12-63-69(60,61)62)44-33(41-29)46-35-47-34-43-30(37)42-32(45-34)39-25-15-23(68(57,58)59)16-26(27(25)53)49-51-28(18-4-2-1-3-5-18)50-48-24-14-21(66-65-64-54)9-6-19(24)17-52;/h1-11,14-16H,12-13H2,(H8-,38,39,40,41,42,43,44,45,46,47,48,49,50,51,52,53,54,57,58,59,60,61,62);/q-2;+2. The van der Waals surface area contributed by atoms with Crippen molar-refractivity contribution in [3.05, 3.63) is 113 Å². The first-order chi connectivity index (χ1) is 32.8. The van der Waals surface area contributed by atoms with E-state index in [2.05, 4.69) is 85.3 Å². The maximum atomic E-state index is 14.7. The van der Waals surface area contributed by atoms with Crippen LogP contribution >= 0.6 is 23.6 Å². The number of rotatable bonds is 22. The van der Waals surface area contributed by atoms with E-state index in [0.29, 0.717) is 22.5 Å². The zero-order valence-electron chi connectivity index (χ0n) is 34.1. The van der Waals surface area contributed by atoms with Gasteiger partial charge in [-0.25, -0.2) is 23.0 Å². The van der Waals surface area contributed by atoms with Crippen LogP contribution in [-0.4, -0.2) is 107 Å². The molecule has 0 bridgehead atoms. The van der Waals surface area contributed by atoms with Gasteiger partial charge in [0, 0.05) is 16.1 Å². The molecular formula is C34H26BClCuFN14O14S4. The van der Waals surface area contributed by atoms with Crippen LogP contribution in [0.5, 0.6) is 5.75 Å². The number of sulfone groups is 1. The second-order valence-corrected chi connectivity index (χ2v) is 18.4. The first kappa shape index (κ1) is 54.3. The summed E-state index contributed by atoms with van der Waals surface area (Å²) in [6, 6.07) is 18.6. The molecule has 0 amide bonds. The number of hydrogen-bond donors (Lipinski definition) is 8. The Labute approximate surface area is 414 Å². The molecule has 0 unspecified atom stereocenters. The Balaban J connectivity index is 0.00000913. The Hall–Kier alpha value is -6.60. The second-order valence-electron chi connectivity index (χ2n) is 12.7. The predicted molar refractivity (Wildman–Crippen MR) is 241 cm³/mol. The van der Waals surface area contributed by atoms with Gasteiger partial charge < -0.3 is 41.5 Å². The van der Waals surface area contributed by atoms with Crippen LogP contribution in [-0.2, 0) is 65.8 Å². The van der Waals surface area contributed by atoms with Crippen molar-refractivity contribution in [3.8, 4) is 5.75 Å². The number of halogens is 2. The van der Waals surface area contributed by atoms with E-state index in [9.17, 15) is 44.1 Å². The molecule has 4 aromatic carbocycles. The zero-order chi connectivity index (χ0) is 49.8. The number of nitrogens with zero attached hydrogens (tertiary/aromatic N) is 10. The zero-order valence-corrected chi connectivity index (χ0v) is 39.1. The third-order valence-corrected chi connectivity index (χ3v) is 11.8. The molecule has 8 N–H and O–H groups in total. The number of benzene rings is 4. The van der Waals surface area contributed by atoms with Crippen LogP contribution in [0.1, 0.15) is 11.1 Å². The van der Waals surface area contributed by atoms with Gasteiger partial charge in [-0.1, -0.05) is 53.2 Å². The minimum Gasteiger partial charge on any atom is -0.571 e. The molecular weight excluding hydrogens is 1090 g/mol. The van der Waals surface area contributed by atoms with E-state index >= 15 is 0 Å². The van der Waals surface area contributed by atoms with E-state index in [1.165, 1.54) is 42.5 Å². The third-order valence-electron chi connectivity index (χ3n) is 8.06. The number of anilines is 6. The Morgan fingerprint density at radius 2 is 1.50 bits per heavy atom. The fraction of sp³-hybridized carbons (Fsp3) is 0.0588. The van der Waals surface area contributed by atoms with Gasteiger partial charge in [-0.2, -0.15) is 57.2 Å². The summed E-state index contributed by atoms with van der Waals surface area (Å²) in [4.78, 5) is 33.8. The van der Waals surface area contributed by atoms with Gasteiger partial charge in [0.15, 0.2) is 15.7 Å². The monoisotopic (exact) mass is 1110 g/mol. The largest absolute Gasteiger partial charge is 2.00 e. The van der Waals surface area contributed by atoms with E-state index < -0.39 is 82.7 Å². The van der Waals surface area contributed by atoms with Crippen molar-refractivity contribution in [2.75, 3.05) is 33.4 Å². The Morgan fingerprint density at radius 3 is 2.16 bits per heavy atom. The molecule has 0 spiro atoms. The molecule has 0 fully saturated rings. The van der Waals surface area contributed by atoms with Crippen molar-refractivity contribution in [1.82, 2.24) is 29.9 Å².